The molecular weight excluding hydrogens is 294 g/mol. The van der Waals surface area contributed by atoms with Gasteiger partial charge in [0.2, 0.25) is 5.91 Å². The Morgan fingerprint density at radius 1 is 1.22 bits per heavy atom. The molecule has 0 spiro atoms. The average molecular weight is 311 g/mol. The second kappa shape index (κ2) is 6.52. The van der Waals surface area contributed by atoms with Crippen molar-refractivity contribution >= 4 is 23.6 Å². The van der Waals surface area contributed by atoms with Crippen molar-refractivity contribution in [1.29, 1.82) is 0 Å². The molecule has 23 heavy (non-hydrogen) atoms. The molecule has 5 nitrogen and oxygen atoms in total. The Labute approximate surface area is 134 Å². The van der Waals surface area contributed by atoms with Gasteiger partial charge < -0.3 is 14.1 Å². The summed E-state index contributed by atoms with van der Waals surface area (Å²) in [5.41, 5.74) is 0.828. The molecule has 1 saturated heterocycles. The smallest absolute Gasteiger partial charge is 0.336 e. The molecule has 0 atom stereocenters. The summed E-state index contributed by atoms with van der Waals surface area (Å²) in [5.74, 6) is 1.47. The van der Waals surface area contributed by atoms with E-state index in [0.29, 0.717) is 17.9 Å². The van der Waals surface area contributed by atoms with Crippen LogP contribution >= 0.6 is 0 Å². The second-order valence-electron chi connectivity index (χ2n) is 5.35. The van der Waals surface area contributed by atoms with Gasteiger partial charge in [-0.05, 0) is 55.8 Å². The van der Waals surface area contributed by atoms with Crippen LogP contribution in [0.1, 0.15) is 24.4 Å². The number of carbonyl (C=O) groups excluding carboxylic acids is 2. The third-order valence-corrected chi connectivity index (χ3v) is 3.59. The molecule has 1 aromatic carbocycles. The number of aryl methyl sites for hydroxylation is 1. The van der Waals surface area contributed by atoms with E-state index in [2.05, 4.69) is 0 Å². The molecule has 0 radical (unpaired) electrons. The summed E-state index contributed by atoms with van der Waals surface area (Å²) >= 11 is 0. The highest BCUT2D eigenvalue weighted by Crippen LogP contribution is 2.24. The summed E-state index contributed by atoms with van der Waals surface area (Å²) in [7, 11) is 0. The van der Waals surface area contributed by atoms with E-state index >= 15 is 0 Å². The van der Waals surface area contributed by atoms with Crippen LogP contribution in [-0.2, 0) is 9.59 Å². The first-order valence-electron chi connectivity index (χ1n) is 7.48. The topological polar surface area (TPSA) is 59.8 Å². The van der Waals surface area contributed by atoms with Gasteiger partial charge in [0.05, 0.1) is 0 Å². The number of amides is 1. The highest BCUT2D eigenvalue weighted by atomic mass is 16.5. The summed E-state index contributed by atoms with van der Waals surface area (Å²) in [5, 5.41) is 0. The zero-order valence-electron chi connectivity index (χ0n) is 12.8. The van der Waals surface area contributed by atoms with Gasteiger partial charge in [-0.25, -0.2) is 4.79 Å². The predicted octanol–water partition coefficient (Wildman–Crippen LogP) is 3.33. The van der Waals surface area contributed by atoms with Gasteiger partial charge >= 0.3 is 5.97 Å². The maximum absolute atomic E-state index is 11.8. The Bertz CT molecular complexity index is 743. The fourth-order valence-electron chi connectivity index (χ4n) is 2.46. The molecular formula is C18H17NO4. The molecule has 1 fully saturated rings. The van der Waals surface area contributed by atoms with Crippen LogP contribution in [0.5, 0.6) is 5.75 Å². The van der Waals surface area contributed by atoms with Crippen LogP contribution in [0.3, 0.4) is 0 Å². The van der Waals surface area contributed by atoms with Gasteiger partial charge in [-0.1, -0.05) is 0 Å². The van der Waals surface area contributed by atoms with Gasteiger partial charge in [-0.3, -0.25) is 4.79 Å². The number of nitrogens with zero attached hydrogens (tertiary/aromatic N) is 1. The minimum absolute atomic E-state index is 0.131. The first-order valence-corrected chi connectivity index (χ1v) is 7.48. The Hall–Kier alpha value is -2.82. The number of carbonyl (C=O) groups is 2. The van der Waals surface area contributed by atoms with E-state index in [4.69, 9.17) is 9.15 Å². The number of esters is 1. The van der Waals surface area contributed by atoms with Crippen molar-refractivity contribution in [1.82, 2.24) is 0 Å². The zero-order valence-corrected chi connectivity index (χ0v) is 12.8. The molecule has 1 amide bonds. The van der Waals surface area contributed by atoms with Crippen LogP contribution < -0.4 is 9.64 Å². The summed E-state index contributed by atoms with van der Waals surface area (Å²) in [6, 6.07) is 10.5. The molecule has 0 bridgehead atoms. The fraction of sp³-hybridized carbons (Fsp3) is 0.222. The van der Waals surface area contributed by atoms with Crippen LogP contribution in [0.25, 0.3) is 6.08 Å². The van der Waals surface area contributed by atoms with Gasteiger partial charge in [0, 0.05) is 24.7 Å². The van der Waals surface area contributed by atoms with Crippen LogP contribution in [-0.4, -0.2) is 18.4 Å². The molecule has 118 valence electrons. The molecule has 2 aromatic rings. The second-order valence-corrected chi connectivity index (χ2v) is 5.35. The van der Waals surface area contributed by atoms with Gasteiger partial charge in [0.15, 0.2) is 0 Å². The molecule has 5 heteroatoms. The largest absolute Gasteiger partial charge is 0.462 e. The zero-order chi connectivity index (χ0) is 16.2. The quantitative estimate of drug-likeness (QED) is 0.493. The van der Waals surface area contributed by atoms with E-state index in [0.717, 1.165) is 24.4 Å². The molecule has 1 aliphatic rings. The summed E-state index contributed by atoms with van der Waals surface area (Å²) in [4.78, 5) is 25.2. The maximum atomic E-state index is 11.8. The van der Waals surface area contributed by atoms with E-state index in [1.54, 1.807) is 41.3 Å². The molecule has 0 aliphatic carbocycles. The molecule has 0 N–H and O–H groups in total. The minimum Gasteiger partial charge on any atom is -0.462 e. The normalized spacial score (nSPS) is 14.7. The third kappa shape index (κ3) is 3.69. The lowest BCUT2D eigenvalue weighted by Gasteiger charge is -2.15. The number of furan rings is 1. The lowest BCUT2D eigenvalue weighted by atomic mass is 10.3. The molecule has 0 saturated carbocycles. The average Bonchev–Trinajstić information content (AvgIpc) is 3.14. The Morgan fingerprint density at radius 3 is 2.61 bits per heavy atom. The van der Waals surface area contributed by atoms with Crippen molar-refractivity contribution in [2.24, 2.45) is 0 Å². The molecule has 1 aliphatic heterocycles. The first-order chi connectivity index (χ1) is 11.1. The number of hydrogen-bond donors (Lipinski definition) is 0. The van der Waals surface area contributed by atoms with E-state index in [9.17, 15) is 9.59 Å². The number of hydrogen-bond acceptors (Lipinski definition) is 4. The number of benzene rings is 1. The van der Waals surface area contributed by atoms with Crippen molar-refractivity contribution in [3.63, 3.8) is 0 Å². The lowest BCUT2D eigenvalue weighted by molar-refractivity contribution is -0.129. The molecule has 3 rings (SSSR count). The van der Waals surface area contributed by atoms with Crippen molar-refractivity contribution in [2.75, 3.05) is 11.4 Å². The van der Waals surface area contributed by atoms with E-state index in [-0.39, 0.29) is 5.91 Å². The fourth-order valence-corrected chi connectivity index (χ4v) is 2.46. The third-order valence-electron chi connectivity index (χ3n) is 3.59. The minimum atomic E-state index is -0.482. The van der Waals surface area contributed by atoms with Gasteiger partial charge in [0.25, 0.3) is 0 Å². The van der Waals surface area contributed by atoms with Crippen LogP contribution in [0, 0.1) is 6.92 Å². The highest BCUT2D eigenvalue weighted by molar-refractivity contribution is 5.95. The molecule has 2 heterocycles. The van der Waals surface area contributed by atoms with Crippen molar-refractivity contribution in [3.05, 3.63) is 54.0 Å². The molecule has 1 aromatic heterocycles. The van der Waals surface area contributed by atoms with Gasteiger partial charge in [-0.2, -0.15) is 0 Å². The highest BCUT2D eigenvalue weighted by Gasteiger charge is 2.21. The lowest BCUT2D eigenvalue weighted by Crippen LogP contribution is -2.23. The van der Waals surface area contributed by atoms with Crippen molar-refractivity contribution in [3.8, 4) is 5.75 Å². The summed E-state index contributed by atoms with van der Waals surface area (Å²) in [6.07, 6.45) is 4.35. The predicted molar refractivity (Wildman–Crippen MR) is 86.1 cm³/mol. The van der Waals surface area contributed by atoms with Crippen LogP contribution in [0.15, 0.2) is 46.9 Å². The van der Waals surface area contributed by atoms with Gasteiger partial charge in [0.1, 0.15) is 17.3 Å². The van der Waals surface area contributed by atoms with E-state index < -0.39 is 5.97 Å². The number of anilines is 1. The SMILES string of the molecule is Cc1ccc(/C=C/C(=O)Oc2ccc(N3CCCC3=O)cc2)o1. The summed E-state index contributed by atoms with van der Waals surface area (Å²) < 4.78 is 10.6. The standard InChI is InChI=1S/C18H17NO4/c1-13-4-7-15(22-13)10-11-18(21)23-16-8-5-14(6-9-16)19-12-2-3-17(19)20/h4-11H,2-3,12H2,1H3/b11-10+. The monoisotopic (exact) mass is 311 g/mol. The van der Waals surface area contributed by atoms with Crippen molar-refractivity contribution < 1.29 is 18.7 Å². The van der Waals surface area contributed by atoms with E-state index in [1.807, 2.05) is 13.0 Å². The van der Waals surface area contributed by atoms with E-state index in [1.165, 1.54) is 6.08 Å². The summed E-state index contributed by atoms with van der Waals surface area (Å²) in [6.45, 7) is 2.57. The number of rotatable bonds is 4. The Kier molecular flexibility index (Phi) is 4.28. The van der Waals surface area contributed by atoms with Crippen LogP contribution in [0.4, 0.5) is 5.69 Å². The van der Waals surface area contributed by atoms with Crippen molar-refractivity contribution in [2.45, 2.75) is 19.8 Å². The Morgan fingerprint density at radius 2 is 2.00 bits per heavy atom. The van der Waals surface area contributed by atoms with Crippen LogP contribution in [0.2, 0.25) is 0 Å². The Balaban J connectivity index is 1.60. The molecule has 0 unspecified atom stereocenters. The first kappa shape index (κ1) is 15.1. The number of ether oxygens (including phenoxy) is 1. The van der Waals surface area contributed by atoms with Gasteiger partial charge in [-0.15, -0.1) is 0 Å². The maximum Gasteiger partial charge on any atom is 0.336 e.